The average molecular weight is 550 g/mol. The van der Waals surface area contributed by atoms with Gasteiger partial charge in [0.2, 0.25) is 0 Å². The van der Waals surface area contributed by atoms with Gasteiger partial charge in [0.25, 0.3) is 10.1 Å². The van der Waals surface area contributed by atoms with Gasteiger partial charge in [0.05, 0.1) is 18.9 Å². The van der Waals surface area contributed by atoms with Gasteiger partial charge in [-0.3, -0.25) is 0 Å². The van der Waals surface area contributed by atoms with Gasteiger partial charge < -0.3 is 0 Å². The van der Waals surface area contributed by atoms with Crippen molar-refractivity contribution < 1.29 is 12.4 Å². The zero-order valence-electron chi connectivity index (χ0n) is 18.0. The molecule has 0 aliphatic rings. The van der Waals surface area contributed by atoms with Gasteiger partial charge >= 0.3 is 0 Å². The molecule has 34 heavy (non-hydrogen) atoms. The van der Waals surface area contributed by atoms with E-state index in [1.165, 1.54) is 0 Å². The fourth-order valence-corrected chi connectivity index (χ4v) is 6.67. The molecular weight excluding hydrogens is 530 g/mol. The maximum Gasteiger partial charge on any atom is 0.299 e. The lowest BCUT2D eigenvalue weighted by Crippen LogP contribution is -2.25. The molecule has 0 heterocycles. The van der Waals surface area contributed by atoms with Crippen LogP contribution in [0, 0.1) is 6.92 Å². The van der Waals surface area contributed by atoms with Crippen molar-refractivity contribution in [2.24, 2.45) is 0 Å². The zero-order chi connectivity index (χ0) is 24.3. The number of halogens is 3. The molecule has 4 aromatic carbocycles. The van der Waals surface area contributed by atoms with Gasteiger partial charge in [-0.1, -0.05) is 88.9 Å². The summed E-state index contributed by atoms with van der Waals surface area (Å²) >= 11 is 18.5. The molecule has 0 aromatic heterocycles. The predicted molar refractivity (Wildman–Crippen MR) is 142 cm³/mol. The first kappa shape index (κ1) is 25.2. The summed E-state index contributed by atoms with van der Waals surface area (Å²) in [5, 5.41) is 0.751. The molecule has 3 nitrogen and oxygen atoms in total. The molecule has 0 bridgehead atoms. The normalized spacial score (nSPS) is 12.4. The number of benzene rings is 4. The van der Waals surface area contributed by atoms with Crippen molar-refractivity contribution in [1.82, 2.24) is 0 Å². The molecule has 0 fully saturated rings. The Morgan fingerprint density at radius 2 is 0.971 bits per heavy atom. The van der Waals surface area contributed by atoms with E-state index in [1.54, 1.807) is 60.7 Å². The van der Waals surface area contributed by atoms with Gasteiger partial charge in [0, 0.05) is 15.1 Å². The summed E-state index contributed by atoms with van der Waals surface area (Å²) in [6, 6.07) is 28.5. The Balaban J connectivity index is 1.90. The largest absolute Gasteiger partial charge is 0.299 e. The summed E-state index contributed by atoms with van der Waals surface area (Å²) < 4.78 is 32.1. The van der Waals surface area contributed by atoms with Crippen LogP contribution in [0.25, 0.3) is 0 Å². The molecule has 0 aliphatic carbocycles. The molecule has 8 heteroatoms. The van der Waals surface area contributed by atoms with Crippen molar-refractivity contribution in [2.45, 2.75) is 17.0 Å². The van der Waals surface area contributed by atoms with Crippen molar-refractivity contribution in [1.29, 1.82) is 0 Å². The number of hydrogen-bond donors (Lipinski definition) is 0. The van der Waals surface area contributed by atoms with Crippen LogP contribution in [0.4, 0.5) is 0 Å². The third-order valence-corrected chi connectivity index (χ3v) is 9.43. The van der Waals surface area contributed by atoms with E-state index < -0.39 is 24.1 Å². The Labute approximate surface area is 216 Å². The zero-order valence-corrected chi connectivity index (χ0v) is 22.1. The van der Waals surface area contributed by atoms with Crippen molar-refractivity contribution >= 4 is 53.7 Å². The third kappa shape index (κ3) is 5.33. The average Bonchev–Trinajstić information content (AvgIpc) is 2.82. The van der Waals surface area contributed by atoms with Crippen LogP contribution in [0.5, 0.6) is 0 Å². The second kappa shape index (κ2) is 10.4. The van der Waals surface area contributed by atoms with E-state index in [4.69, 9.17) is 38.8 Å². The highest BCUT2D eigenvalue weighted by Gasteiger charge is 2.39. The number of hydrogen-bond acceptors (Lipinski definition) is 3. The Bertz CT molecular complexity index is 1260. The lowest BCUT2D eigenvalue weighted by molar-refractivity contribution is 0.508. The van der Waals surface area contributed by atoms with Gasteiger partial charge in [-0.2, -0.15) is 8.42 Å². The summed E-state index contributed by atoms with van der Waals surface area (Å²) in [4.78, 5) is 0.0998. The fraction of sp³-hybridized carbons (Fsp3) is 0.0769. The summed E-state index contributed by atoms with van der Waals surface area (Å²) in [5.41, 5.74) is 3.41. The highest BCUT2D eigenvalue weighted by atomic mass is 35.5. The van der Waals surface area contributed by atoms with Gasteiger partial charge in [-0.05, 0) is 72.1 Å². The minimum absolute atomic E-state index is 0.0998. The Morgan fingerprint density at radius 3 is 1.32 bits per heavy atom. The molecule has 0 aliphatic heterocycles. The van der Waals surface area contributed by atoms with Crippen LogP contribution >= 0.6 is 43.6 Å². The van der Waals surface area contributed by atoms with E-state index in [0.29, 0.717) is 15.1 Å². The van der Waals surface area contributed by atoms with E-state index in [-0.39, 0.29) is 4.90 Å². The molecule has 1 atom stereocenters. The van der Waals surface area contributed by atoms with Crippen molar-refractivity contribution in [3.63, 3.8) is 0 Å². The first-order valence-electron chi connectivity index (χ1n) is 10.3. The van der Waals surface area contributed by atoms with Crippen molar-refractivity contribution in [3.8, 4) is 0 Å². The minimum Gasteiger partial charge on any atom is -0.246 e. The Morgan fingerprint density at radius 1 is 0.618 bits per heavy atom. The molecule has 0 N–H and O–H groups in total. The smallest absolute Gasteiger partial charge is 0.246 e. The molecule has 0 radical (unpaired) electrons. The first-order valence-corrected chi connectivity index (χ1v) is 13.7. The molecule has 174 valence electrons. The van der Waals surface area contributed by atoms with E-state index >= 15 is 0 Å². The maximum absolute atomic E-state index is 13.2. The molecular formula is C26H20Cl3O3PS. The van der Waals surface area contributed by atoms with Crippen LogP contribution in [-0.2, 0) is 19.2 Å². The van der Waals surface area contributed by atoms with Crippen LogP contribution in [0.2, 0.25) is 15.1 Å². The molecule has 4 rings (SSSR count). The van der Waals surface area contributed by atoms with Gasteiger partial charge in [-0.25, -0.2) is 3.97 Å². The van der Waals surface area contributed by atoms with E-state index in [1.807, 2.05) is 43.3 Å². The standard InChI is InChI=1S/C26H20Cl3O3PS/c1-18-2-16-25(17-3-18)34(30,31)32-33-26(19-4-10-22(27)11-5-19,20-6-12-23(28)13-7-20)21-8-14-24(29)15-9-21/h2-17,33H,1H3. The highest BCUT2D eigenvalue weighted by molar-refractivity contribution is 7.89. The summed E-state index contributed by atoms with van der Waals surface area (Å²) in [6.45, 7) is 1.89. The Hall–Kier alpha value is -1.91. The SMILES string of the molecule is Cc1ccc(S(=O)(=O)OPC(c2ccc(Cl)cc2)(c2ccc(Cl)cc2)c2ccc(Cl)cc2)cc1. The van der Waals surface area contributed by atoms with Crippen LogP contribution in [0.1, 0.15) is 22.3 Å². The molecule has 0 saturated carbocycles. The van der Waals surface area contributed by atoms with Crippen molar-refractivity contribution in [3.05, 3.63) is 134 Å². The molecule has 0 saturated heterocycles. The molecule has 0 amide bonds. The second-order valence-electron chi connectivity index (χ2n) is 7.72. The fourth-order valence-electron chi connectivity index (χ4n) is 3.65. The Kier molecular flexibility index (Phi) is 7.69. The van der Waals surface area contributed by atoms with Crippen LogP contribution in [-0.4, -0.2) is 8.42 Å². The quantitative estimate of drug-likeness (QED) is 0.172. The van der Waals surface area contributed by atoms with Gasteiger partial charge in [0.1, 0.15) is 0 Å². The van der Waals surface area contributed by atoms with Crippen LogP contribution < -0.4 is 0 Å². The van der Waals surface area contributed by atoms with Crippen LogP contribution in [0.3, 0.4) is 0 Å². The third-order valence-electron chi connectivity index (χ3n) is 5.45. The molecule has 0 spiro atoms. The minimum atomic E-state index is -4.02. The van der Waals surface area contributed by atoms with Gasteiger partial charge in [0.15, 0.2) is 0 Å². The van der Waals surface area contributed by atoms with Gasteiger partial charge in [-0.15, -0.1) is 0 Å². The lowest BCUT2D eigenvalue weighted by Gasteiger charge is -2.35. The lowest BCUT2D eigenvalue weighted by atomic mass is 9.84. The van der Waals surface area contributed by atoms with E-state index in [0.717, 1.165) is 22.3 Å². The summed E-state index contributed by atoms with van der Waals surface area (Å²) in [6.07, 6.45) is 0. The second-order valence-corrected chi connectivity index (χ2v) is 12.0. The monoisotopic (exact) mass is 548 g/mol. The number of rotatable bonds is 7. The van der Waals surface area contributed by atoms with E-state index in [2.05, 4.69) is 0 Å². The summed E-state index contributed by atoms with van der Waals surface area (Å²) in [7, 11) is -4.55. The molecule has 4 aromatic rings. The maximum atomic E-state index is 13.2. The van der Waals surface area contributed by atoms with Crippen molar-refractivity contribution in [2.75, 3.05) is 0 Å². The van der Waals surface area contributed by atoms with Crippen LogP contribution in [0.15, 0.2) is 102 Å². The molecule has 1 unspecified atom stereocenters. The predicted octanol–water partition coefficient (Wildman–Crippen LogP) is 8.25. The first-order chi connectivity index (χ1) is 16.2. The van der Waals surface area contributed by atoms with E-state index in [9.17, 15) is 8.42 Å². The topological polar surface area (TPSA) is 43.4 Å². The highest BCUT2D eigenvalue weighted by Crippen LogP contribution is 2.54. The number of aryl methyl sites for hydroxylation is 1. The summed E-state index contributed by atoms with van der Waals surface area (Å²) in [5.74, 6) is 0.